The maximum atomic E-state index is 11.6. The Bertz CT molecular complexity index is 591. The predicted octanol–water partition coefficient (Wildman–Crippen LogP) is 4.14. The summed E-state index contributed by atoms with van der Waals surface area (Å²) in [6.07, 6.45) is 0.685. The molecule has 2 nitrogen and oxygen atoms in total. The van der Waals surface area contributed by atoms with Crippen LogP contribution in [0.15, 0.2) is 42.5 Å². The lowest BCUT2D eigenvalue weighted by molar-refractivity contribution is 0.101. The molecule has 2 aromatic rings. The van der Waals surface area contributed by atoms with Crippen molar-refractivity contribution in [3.05, 3.63) is 64.2 Å². The van der Waals surface area contributed by atoms with Gasteiger partial charge in [0.05, 0.1) is 12.7 Å². The SMILES string of the molecule is COc1c(Cc2ccccc2)cc(Cl)cc1C(C)=O. The predicted molar refractivity (Wildman–Crippen MR) is 77.3 cm³/mol. The summed E-state index contributed by atoms with van der Waals surface area (Å²) in [7, 11) is 1.57. The number of carbonyl (C=O) groups excluding carboxylic acids is 1. The van der Waals surface area contributed by atoms with Crippen molar-refractivity contribution in [1.82, 2.24) is 0 Å². The molecule has 0 saturated carbocycles. The number of rotatable bonds is 4. The molecule has 0 bridgehead atoms. The highest BCUT2D eigenvalue weighted by Crippen LogP contribution is 2.30. The van der Waals surface area contributed by atoms with E-state index in [0.29, 0.717) is 22.8 Å². The zero-order valence-corrected chi connectivity index (χ0v) is 11.7. The molecule has 2 aromatic carbocycles. The highest BCUT2D eigenvalue weighted by atomic mass is 35.5. The van der Waals surface area contributed by atoms with E-state index < -0.39 is 0 Å². The monoisotopic (exact) mass is 274 g/mol. The first-order valence-electron chi connectivity index (χ1n) is 6.03. The molecule has 0 spiro atoms. The van der Waals surface area contributed by atoms with Gasteiger partial charge in [-0.3, -0.25) is 4.79 Å². The van der Waals surface area contributed by atoms with Crippen LogP contribution in [0.4, 0.5) is 0 Å². The topological polar surface area (TPSA) is 26.3 Å². The second kappa shape index (κ2) is 5.89. The molecule has 19 heavy (non-hydrogen) atoms. The van der Waals surface area contributed by atoms with Gasteiger partial charge in [0.2, 0.25) is 0 Å². The lowest BCUT2D eigenvalue weighted by Crippen LogP contribution is -2.02. The molecule has 0 aromatic heterocycles. The lowest BCUT2D eigenvalue weighted by Gasteiger charge is -2.13. The van der Waals surface area contributed by atoms with Gasteiger partial charge in [0.15, 0.2) is 5.78 Å². The Morgan fingerprint density at radius 1 is 1.21 bits per heavy atom. The largest absolute Gasteiger partial charge is 0.496 e. The minimum Gasteiger partial charge on any atom is -0.496 e. The van der Waals surface area contributed by atoms with E-state index in [4.69, 9.17) is 16.3 Å². The third-order valence-corrected chi connectivity index (χ3v) is 3.17. The van der Waals surface area contributed by atoms with Gasteiger partial charge in [0.25, 0.3) is 0 Å². The third-order valence-electron chi connectivity index (χ3n) is 2.95. The van der Waals surface area contributed by atoms with E-state index >= 15 is 0 Å². The number of Topliss-reactive ketones (excluding diaryl/α,β-unsaturated/α-hetero) is 1. The molecule has 0 aliphatic rings. The van der Waals surface area contributed by atoms with E-state index in [1.165, 1.54) is 6.92 Å². The molecule has 0 unspecified atom stereocenters. The number of hydrogen-bond acceptors (Lipinski definition) is 2. The highest BCUT2D eigenvalue weighted by molar-refractivity contribution is 6.31. The summed E-state index contributed by atoms with van der Waals surface area (Å²) in [5.74, 6) is 0.564. The Morgan fingerprint density at radius 2 is 1.89 bits per heavy atom. The zero-order valence-electron chi connectivity index (χ0n) is 10.9. The van der Waals surface area contributed by atoms with Gasteiger partial charge in [-0.15, -0.1) is 0 Å². The molecule has 0 saturated heterocycles. The van der Waals surface area contributed by atoms with Crippen LogP contribution in [0.5, 0.6) is 5.75 Å². The minimum absolute atomic E-state index is 0.0475. The first kappa shape index (κ1) is 13.6. The average molecular weight is 275 g/mol. The van der Waals surface area contributed by atoms with Gasteiger partial charge in [-0.25, -0.2) is 0 Å². The number of ether oxygens (including phenoxy) is 1. The van der Waals surface area contributed by atoms with E-state index in [0.717, 1.165) is 11.1 Å². The van der Waals surface area contributed by atoms with Crippen molar-refractivity contribution in [2.75, 3.05) is 7.11 Å². The fourth-order valence-corrected chi connectivity index (χ4v) is 2.34. The summed E-state index contributed by atoms with van der Waals surface area (Å²) in [6.45, 7) is 1.51. The Morgan fingerprint density at radius 3 is 2.47 bits per heavy atom. The van der Waals surface area contributed by atoms with E-state index in [1.54, 1.807) is 13.2 Å². The van der Waals surface area contributed by atoms with E-state index in [-0.39, 0.29) is 5.78 Å². The fraction of sp³-hybridized carbons (Fsp3) is 0.188. The Balaban J connectivity index is 2.47. The van der Waals surface area contributed by atoms with Crippen LogP contribution in [0.3, 0.4) is 0 Å². The second-order valence-corrected chi connectivity index (χ2v) is 4.80. The summed E-state index contributed by atoms with van der Waals surface area (Å²) >= 11 is 6.08. The first-order valence-corrected chi connectivity index (χ1v) is 6.41. The average Bonchev–Trinajstić information content (AvgIpc) is 2.39. The van der Waals surface area contributed by atoms with Gasteiger partial charge in [-0.2, -0.15) is 0 Å². The number of benzene rings is 2. The summed E-state index contributed by atoms with van der Waals surface area (Å²) in [6, 6.07) is 13.5. The molecule has 0 N–H and O–H groups in total. The summed E-state index contributed by atoms with van der Waals surface area (Å²) in [5.41, 5.74) is 2.60. The minimum atomic E-state index is -0.0475. The van der Waals surface area contributed by atoms with Gasteiger partial charge in [-0.05, 0) is 24.6 Å². The van der Waals surface area contributed by atoms with E-state index in [9.17, 15) is 4.79 Å². The molecule has 0 fully saturated rings. The van der Waals surface area contributed by atoms with E-state index in [1.807, 2.05) is 36.4 Å². The van der Waals surface area contributed by atoms with Gasteiger partial charge < -0.3 is 4.74 Å². The maximum Gasteiger partial charge on any atom is 0.163 e. The van der Waals surface area contributed by atoms with Crippen LogP contribution in [0.25, 0.3) is 0 Å². The summed E-state index contributed by atoms with van der Waals surface area (Å²) < 4.78 is 5.39. The summed E-state index contributed by atoms with van der Waals surface area (Å²) in [4.78, 5) is 11.6. The van der Waals surface area contributed by atoms with Crippen molar-refractivity contribution in [1.29, 1.82) is 0 Å². The Labute approximate surface area is 118 Å². The number of halogens is 1. The summed E-state index contributed by atoms with van der Waals surface area (Å²) in [5, 5.41) is 0.553. The Hall–Kier alpha value is -1.80. The smallest absolute Gasteiger partial charge is 0.163 e. The number of methoxy groups -OCH3 is 1. The fourth-order valence-electron chi connectivity index (χ4n) is 2.10. The second-order valence-electron chi connectivity index (χ2n) is 4.36. The number of carbonyl (C=O) groups is 1. The van der Waals surface area contributed by atoms with Crippen LogP contribution in [0.1, 0.15) is 28.4 Å². The van der Waals surface area contributed by atoms with Crippen molar-refractivity contribution in [3.63, 3.8) is 0 Å². The van der Waals surface area contributed by atoms with Crippen LogP contribution in [0.2, 0.25) is 5.02 Å². The zero-order chi connectivity index (χ0) is 13.8. The van der Waals surface area contributed by atoms with Crippen LogP contribution in [0, 0.1) is 0 Å². The van der Waals surface area contributed by atoms with E-state index in [2.05, 4.69) is 0 Å². The van der Waals surface area contributed by atoms with Gasteiger partial charge in [0.1, 0.15) is 5.75 Å². The molecule has 0 amide bonds. The molecule has 0 heterocycles. The lowest BCUT2D eigenvalue weighted by atomic mass is 10.00. The molecular formula is C16H15ClO2. The molecular weight excluding hydrogens is 260 g/mol. The molecule has 3 heteroatoms. The quantitative estimate of drug-likeness (QED) is 0.783. The number of ketones is 1. The normalized spacial score (nSPS) is 10.3. The van der Waals surface area contributed by atoms with Crippen LogP contribution < -0.4 is 4.74 Å². The molecule has 2 rings (SSSR count). The van der Waals surface area contributed by atoms with Crippen LogP contribution >= 0.6 is 11.6 Å². The standard InChI is InChI=1S/C16H15ClO2/c1-11(18)15-10-14(17)9-13(16(15)19-2)8-12-6-4-3-5-7-12/h3-7,9-10H,8H2,1-2H3. The maximum absolute atomic E-state index is 11.6. The Kier molecular flexibility index (Phi) is 4.23. The first-order chi connectivity index (χ1) is 9.11. The van der Waals surface area contributed by atoms with Crippen molar-refractivity contribution < 1.29 is 9.53 Å². The van der Waals surface area contributed by atoms with Crippen LogP contribution in [-0.2, 0) is 6.42 Å². The van der Waals surface area contributed by atoms with Gasteiger partial charge in [-0.1, -0.05) is 41.9 Å². The molecule has 0 aliphatic carbocycles. The molecule has 98 valence electrons. The van der Waals surface area contributed by atoms with Crippen LogP contribution in [-0.4, -0.2) is 12.9 Å². The number of hydrogen-bond donors (Lipinski definition) is 0. The van der Waals surface area contributed by atoms with Gasteiger partial charge >= 0.3 is 0 Å². The van der Waals surface area contributed by atoms with Crippen molar-refractivity contribution in [3.8, 4) is 5.75 Å². The van der Waals surface area contributed by atoms with Gasteiger partial charge in [0, 0.05) is 17.0 Å². The third kappa shape index (κ3) is 3.15. The molecule has 0 aliphatic heterocycles. The molecule has 0 radical (unpaired) electrons. The van der Waals surface area contributed by atoms with Crippen molar-refractivity contribution in [2.45, 2.75) is 13.3 Å². The van der Waals surface area contributed by atoms with Crippen molar-refractivity contribution in [2.24, 2.45) is 0 Å². The molecule has 0 atom stereocenters. The highest BCUT2D eigenvalue weighted by Gasteiger charge is 2.14. The van der Waals surface area contributed by atoms with Crippen molar-refractivity contribution >= 4 is 17.4 Å².